The maximum atomic E-state index is 10.4. The van der Waals surface area contributed by atoms with Gasteiger partial charge in [-0.2, -0.15) is 8.62 Å². The lowest BCUT2D eigenvalue weighted by Crippen LogP contribution is -1.91. The standard InChI is InChI=1S/Mg.H5O10P3.2H/c;1-11(2,3)9-13(7,8)10-12(4,5)6;;/h;(H,7,8)(H2,1,2,3)(H2,4,5,6);;. The van der Waals surface area contributed by atoms with Crippen LogP contribution in [-0.4, -0.2) is 47.5 Å². The van der Waals surface area contributed by atoms with E-state index in [1.165, 1.54) is 0 Å². The van der Waals surface area contributed by atoms with E-state index in [0.717, 1.165) is 0 Å². The minimum absolute atomic E-state index is 0. The molecule has 0 aliphatic rings. The Balaban J connectivity index is 0. The third-order valence-electron chi connectivity index (χ3n) is 0.419. The quantitative estimate of drug-likeness (QED) is 0.298. The molecule has 84 valence electrons. The van der Waals surface area contributed by atoms with Gasteiger partial charge in [0.25, 0.3) is 0 Å². The molecule has 0 unspecified atom stereocenters. The monoisotopic (exact) mass is 284 g/mol. The average molecular weight is 284 g/mol. The molecule has 0 saturated heterocycles. The summed E-state index contributed by atoms with van der Waals surface area (Å²) >= 11 is 0. The Hall–Kier alpha value is 1.18. The fourth-order valence-corrected chi connectivity index (χ4v) is 2.82. The zero-order valence-electron chi connectivity index (χ0n) is 5.62. The first-order valence-corrected chi connectivity index (χ1v) is 6.83. The molecule has 0 aromatic carbocycles. The minimum Gasteiger partial charge on any atom is -0.302 e. The number of hydrogen-bond donors (Lipinski definition) is 5. The second kappa shape index (κ2) is 5.49. The predicted octanol–water partition coefficient (Wildman–Crippen LogP) is -1.61. The summed E-state index contributed by atoms with van der Waals surface area (Å²) in [6, 6.07) is 0. The summed E-state index contributed by atoms with van der Waals surface area (Å²) in [5, 5.41) is 0. The SMILES string of the molecule is O=P(O)(O)OP(=O)(O)OP(=O)(O)O.[MgH2]. The summed E-state index contributed by atoms with van der Waals surface area (Å²) in [5.74, 6) is 0. The lowest BCUT2D eigenvalue weighted by atomic mass is 15.7. The van der Waals surface area contributed by atoms with Gasteiger partial charge in [-0.25, -0.2) is 13.7 Å². The van der Waals surface area contributed by atoms with Crippen LogP contribution in [0.3, 0.4) is 0 Å². The van der Waals surface area contributed by atoms with Crippen LogP contribution in [0.15, 0.2) is 0 Å². The largest absolute Gasteiger partial charge is 0.490 e. The fraction of sp³-hybridized carbons (Fsp3) is 0. The Kier molecular flexibility index (Phi) is 6.89. The van der Waals surface area contributed by atoms with Gasteiger partial charge in [0.15, 0.2) is 0 Å². The molecule has 0 rings (SSSR count). The summed E-state index contributed by atoms with van der Waals surface area (Å²) in [6.07, 6.45) is 0. The molecule has 0 bridgehead atoms. The van der Waals surface area contributed by atoms with Crippen molar-refractivity contribution in [1.29, 1.82) is 0 Å². The third-order valence-corrected chi connectivity index (χ3v) is 3.77. The molecular formula is H7MgO10P3. The summed E-state index contributed by atoms with van der Waals surface area (Å²) in [6.45, 7) is 0. The summed E-state index contributed by atoms with van der Waals surface area (Å²) < 4.78 is 36.4. The normalized spacial score (nSPS) is 13.5. The van der Waals surface area contributed by atoms with Gasteiger partial charge < -0.3 is 24.5 Å². The maximum Gasteiger partial charge on any atom is 0.490 e. The zero-order chi connectivity index (χ0) is 10.9. The molecule has 5 N–H and O–H groups in total. The van der Waals surface area contributed by atoms with Crippen molar-refractivity contribution in [1.82, 2.24) is 0 Å². The van der Waals surface area contributed by atoms with Crippen LogP contribution in [0.5, 0.6) is 0 Å². The second-order valence-corrected chi connectivity index (χ2v) is 5.82. The highest BCUT2D eigenvalue weighted by atomic mass is 31.3. The van der Waals surface area contributed by atoms with E-state index >= 15 is 0 Å². The Morgan fingerprint density at radius 1 is 0.714 bits per heavy atom. The summed E-state index contributed by atoms with van der Waals surface area (Å²) in [5.41, 5.74) is 0. The molecule has 14 heteroatoms. The van der Waals surface area contributed by atoms with Gasteiger partial charge in [0.2, 0.25) is 0 Å². The Bertz CT molecular complexity index is 277. The summed E-state index contributed by atoms with van der Waals surface area (Å²) in [4.78, 5) is 40.2. The molecule has 0 heterocycles. The van der Waals surface area contributed by atoms with Crippen LogP contribution >= 0.6 is 23.5 Å². The van der Waals surface area contributed by atoms with Crippen LogP contribution in [0.1, 0.15) is 0 Å². The highest BCUT2D eigenvalue weighted by Gasteiger charge is 2.38. The highest BCUT2D eigenvalue weighted by Crippen LogP contribution is 2.64. The zero-order valence-corrected chi connectivity index (χ0v) is 8.30. The van der Waals surface area contributed by atoms with Gasteiger partial charge >= 0.3 is 46.5 Å². The van der Waals surface area contributed by atoms with Crippen molar-refractivity contribution >= 4 is 46.5 Å². The van der Waals surface area contributed by atoms with Gasteiger partial charge in [-0.15, -0.1) is 0 Å². The van der Waals surface area contributed by atoms with Crippen LogP contribution in [0, 0.1) is 0 Å². The molecule has 0 fully saturated rings. The van der Waals surface area contributed by atoms with Crippen LogP contribution < -0.4 is 0 Å². The van der Waals surface area contributed by atoms with Gasteiger partial charge in [-0.1, -0.05) is 0 Å². The van der Waals surface area contributed by atoms with Crippen molar-refractivity contribution in [3.05, 3.63) is 0 Å². The van der Waals surface area contributed by atoms with E-state index in [0.29, 0.717) is 0 Å². The molecule has 0 spiro atoms. The van der Waals surface area contributed by atoms with Crippen molar-refractivity contribution in [3.8, 4) is 0 Å². The Morgan fingerprint density at radius 3 is 1.07 bits per heavy atom. The van der Waals surface area contributed by atoms with Gasteiger partial charge in [0.05, 0.1) is 0 Å². The van der Waals surface area contributed by atoms with Crippen molar-refractivity contribution in [3.63, 3.8) is 0 Å². The molecule has 0 aromatic heterocycles. The molecule has 14 heavy (non-hydrogen) atoms. The van der Waals surface area contributed by atoms with E-state index in [-0.39, 0.29) is 23.1 Å². The fourth-order valence-electron chi connectivity index (χ4n) is 0.284. The van der Waals surface area contributed by atoms with Crippen LogP contribution in [0.25, 0.3) is 0 Å². The van der Waals surface area contributed by atoms with Crippen LogP contribution in [-0.2, 0) is 22.3 Å². The molecule has 0 radical (unpaired) electrons. The van der Waals surface area contributed by atoms with Crippen molar-refractivity contribution in [2.45, 2.75) is 0 Å². The molecule has 0 aliphatic heterocycles. The Labute approximate surface area is 93.5 Å². The molecular weight excluding hydrogens is 277 g/mol. The maximum absolute atomic E-state index is 10.4. The molecule has 0 aromatic rings. The number of rotatable bonds is 4. The number of hydrogen-bond acceptors (Lipinski definition) is 5. The molecule has 0 amide bonds. The second-order valence-electron chi connectivity index (χ2n) is 1.61. The molecule has 10 nitrogen and oxygen atoms in total. The van der Waals surface area contributed by atoms with Crippen molar-refractivity contribution in [2.75, 3.05) is 0 Å². The van der Waals surface area contributed by atoms with Gasteiger partial charge in [0, 0.05) is 0 Å². The van der Waals surface area contributed by atoms with Gasteiger partial charge in [0.1, 0.15) is 0 Å². The Morgan fingerprint density at radius 2 is 0.929 bits per heavy atom. The van der Waals surface area contributed by atoms with E-state index in [2.05, 4.69) is 8.62 Å². The smallest absolute Gasteiger partial charge is 0.302 e. The highest BCUT2D eigenvalue weighted by molar-refractivity contribution is 7.66. The van der Waals surface area contributed by atoms with Gasteiger partial charge in [-0.05, 0) is 0 Å². The number of phosphoric acid groups is 3. The lowest BCUT2D eigenvalue weighted by molar-refractivity contribution is 0.204. The molecule has 0 saturated carbocycles. The van der Waals surface area contributed by atoms with E-state index in [9.17, 15) is 13.7 Å². The molecule has 0 atom stereocenters. The topological polar surface area (TPSA) is 171 Å². The average Bonchev–Trinajstić information content (AvgIpc) is 1.43. The van der Waals surface area contributed by atoms with Crippen molar-refractivity contribution < 1.29 is 46.8 Å². The third kappa shape index (κ3) is 11.3. The first-order chi connectivity index (χ1) is 5.41. The minimum atomic E-state index is -5.46. The van der Waals surface area contributed by atoms with Gasteiger partial charge in [-0.3, -0.25) is 0 Å². The lowest BCUT2D eigenvalue weighted by Gasteiger charge is -2.11. The summed E-state index contributed by atoms with van der Waals surface area (Å²) in [7, 11) is -16.2. The van der Waals surface area contributed by atoms with E-state index in [1.54, 1.807) is 0 Å². The van der Waals surface area contributed by atoms with E-state index in [1.807, 2.05) is 0 Å². The van der Waals surface area contributed by atoms with Crippen LogP contribution in [0.4, 0.5) is 0 Å². The van der Waals surface area contributed by atoms with E-state index in [4.69, 9.17) is 24.5 Å². The first-order valence-electron chi connectivity index (χ1n) is 2.28. The van der Waals surface area contributed by atoms with E-state index < -0.39 is 23.5 Å². The predicted molar refractivity (Wildman–Crippen MR) is 44.6 cm³/mol. The first kappa shape index (κ1) is 17.6. The molecule has 0 aliphatic carbocycles. The van der Waals surface area contributed by atoms with Crippen molar-refractivity contribution in [2.24, 2.45) is 0 Å². The van der Waals surface area contributed by atoms with Crippen LogP contribution in [0.2, 0.25) is 0 Å².